The SMILES string of the molecule is O=C(CCc1ncc(-c2ccccc2F)o1)Nc1ccc(NC(=O)Nc2ccccc2)cc1. The van der Waals surface area contributed by atoms with Gasteiger partial charge in [-0.2, -0.15) is 0 Å². The number of halogens is 1. The van der Waals surface area contributed by atoms with E-state index in [4.69, 9.17) is 4.42 Å². The van der Waals surface area contributed by atoms with Crippen molar-refractivity contribution in [3.8, 4) is 11.3 Å². The molecular weight excluding hydrogens is 423 g/mol. The van der Waals surface area contributed by atoms with Gasteiger partial charge in [0.25, 0.3) is 0 Å². The normalized spacial score (nSPS) is 10.5. The van der Waals surface area contributed by atoms with Gasteiger partial charge in [0, 0.05) is 29.9 Å². The van der Waals surface area contributed by atoms with Crippen LogP contribution in [0.15, 0.2) is 89.5 Å². The number of nitrogens with one attached hydrogen (secondary N) is 3. The van der Waals surface area contributed by atoms with Gasteiger partial charge >= 0.3 is 6.03 Å². The predicted molar refractivity (Wildman–Crippen MR) is 124 cm³/mol. The summed E-state index contributed by atoms with van der Waals surface area (Å²) in [5.41, 5.74) is 2.19. The quantitative estimate of drug-likeness (QED) is 0.341. The molecule has 3 N–H and O–H groups in total. The molecular formula is C25H21FN4O3. The molecule has 0 saturated carbocycles. The van der Waals surface area contributed by atoms with E-state index in [2.05, 4.69) is 20.9 Å². The van der Waals surface area contributed by atoms with Gasteiger partial charge in [0.15, 0.2) is 11.7 Å². The van der Waals surface area contributed by atoms with Crippen molar-refractivity contribution in [3.63, 3.8) is 0 Å². The molecule has 3 amide bonds. The predicted octanol–water partition coefficient (Wildman–Crippen LogP) is 5.70. The molecule has 0 aliphatic heterocycles. The summed E-state index contributed by atoms with van der Waals surface area (Å²) < 4.78 is 19.4. The van der Waals surface area contributed by atoms with Crippen LogP contribution in [0, 0.1) is 5.82 Å². The van der Waals surface area contributed by atoms with Crippen LogP contribution in [0.25, 0.3) is 11.3 Å². The van der Waals surface area contributed by atoms with Crippen LogP contribution in [-0.4, -0.2) is 16.9 Å². The van der Waals surface area contributed by atoms with Gasteiger partial charge < -0.3 is 20.4 Å². The highest BCUT2D eigenvalue weighted by molar-refractivity contribution is 6.00. The zero-order chi connectivity index (χ0) is 23.0. The second kappa shape index (κ2) is 10.2. The largest absolute Gasteiger partial charge is 0.441 e. The summed E-state index contributed by atoms with van der Waals surface area (Å²) in [6.45, 7) is 0. The summed E-state index contributed by atoms with van der Waals surface area (Å²) in [6.07, 6.45) is 1.88. The maximum Gasteiger partial charge on any atom is 0.323 e. The average Bonchev–Trinajstić information content (AvgIpc) is 3.29. The van der Waals surface area contributed by atoms with Crippen molar-refractivity contribution >= 4 is 29.0 Å². The minimum atomic E-state index is -0.395. The van der Waals surface area contributed by atoms with E-state index in [1.54, 1.807) is 54.6 Å². The average molecular weight is 444 g/mol. The van der Waals surface area contributed by atoms with Crippen molar-refractivity contribution in [3.05, 3.63) is 96.8 Å². The van der Waals surface area contributed by atoms with Crippen molar-refractivity contribution in [2.75, 3.05) is 16.0 Å². The number of anilines is 3. The van der Waals surface area contributed by atoms with Crippen LogP contribution < -0.4 is 16.0 Å². The zero-order valence-corrected chi connectivity index (χ0v) is 17.5. The molecule has 33 heavy (non-hydrogen) atoms. The van der Waals surface area contributed by atoms with Crippen LogP contribution in [0.1, 0.15) is 12.3 Å². The standard InChI is InChI=1S/C25H21FN4O3/c26-21-9-5-4-8-20(21)22-16-27-24(33-22)15-14-23(31)28-18-10-12-19(13-11-18)30-25(32)29-17-6-2-1-3-7-17/h1-13,16H,14-15H2,(H,28,31)(H2,29,30,32). The molecule has 166 valence electrons. The number of carbonyl (C=O) groups excluding carboxylic acids is 2. The van der Waals surface area contributed by atoms with Crippen LogP contribution in [0.4, 0.5) is 26.2 Å². The summed E-state index contributed by atoms with van der Waals surface area (Å²) in [5.74, 6) is 0.0619. The Morgan fingerprint density at radius 1 is 0.788 bits per heavy atom. The molecule has 8 heteroatoms. The van der Waals surface area contributed by atoms with Gasteiger partial charge in [0.05, 0.1) is 11.8 Å². The van der Waals surface area contributed by atoms with Crippen molar-refractivity contribution in [2.24, 2.45) is 0 Å². The van der Waals surface area contributed by atoms with Gasteiger partial charge in [-0.1, -0.05) is 30.3 Å². The van der Waals surface area contributed by atoms with E-state index in [9.17, 15) is 14.0 Å². The number of carbonyl (C=O) groups is 2. The lowest BCUT2D eigenvalue weighted by Gasteiger charge is -2.09. The lowest BCUT2D eigenvalue weighted by atomic mass is 10.2. The van der Waals surface area contributed by atoms with Crippen LogP contribution in [0.5, 0.6) is 0 Å². The van der Waals surface area contributed by atoms with E-state index in [0.717, 1.165) is 0 Å². The van der Waals surface area contributed by atoms with E-state index in [1.165, 1.54) is 12.3 Å². The lowest BCUT2D eigenvalue weighted by Crippen LogP contribution is -2.19. The van der Waals surface area contributed by atoms with Gasteiger partial charge in [-0.05, 0) is 48.5 Å². The second-order valence-electron chi connectivity index (χ2n) is 7.17. The maximum absolute atomic E-state index is 13.9. The number of amides is 3. The number of oxazole rings is 1. The monoisotopic (exact) mass is 444 g/mol. The molecule has 1 aromatic heterocycles. The van der Waals surface area contributed by atoms with Crippen molar-refractivity contribution in [2.45, 2.75) is 12.8 Å². The van der Waals surface area contributed by atoms with Crippen LogP contribution >= 0.6 is 0 Å². The van der Waals surface area contributed by atoms with Gasteiger partial charge in [-0.15, -0.1) is 0 Å². The van der Waals surface area contributed by atoms with Gasteiger partial charge in [0.1, 0.15) is 5.82 Å². The Morgan fingerprint density at radius 3 is 2.09 bits per heavy atom. The van der Waals surface area contributed by atoms with Crippen LogP contribution in [-0.2, 0) is 11.2 Å². The lowest BCUT2D eigenvalue weighted by molar-refractivity contribution is -0.116. The fraction of sp³-hybridized carbons (Fsp3) is 0.0800. The van der Waals surface area contributed by atoms with Gasteiger partial charge in [0.2, 0.25) is 5.91 Å². The smallest absolute Gasteiger partial charge is 0.323 e. The molecule has 0 radical (unpaired) electrons. The summed E-state index contributed by atoms with van der Waals surface area (Å²) in [4.78, 5) is 28.4. The Morgan fingerprint density at radius 2 is 1.39 bits per heavy atom. The summed E-state index contributed by atoms with van der Waals surface area (Å²) >= 11 is 0. The first-order valence-electron chi connectivity index (χ1n) is 10.3. The fourth-order valence-corrected chi connectivity index (χ4v) is 3.11. The number of aryl methyl sites for hydroxylation is 1. The molecule has 0 spiro atoms. The Labute approximate surface area is 189 Å². The first kappa shape index (κ1) is 21.8. The second-order valence-corrected chi connectivity index (χ2v) is 7.17. The molecule has 4 rings (SSSR count). The number of aromatic nitrogens is 1. The highest BCUT2D eigenvalue weighted by atomic mass is 19.1. The van der Waals surface area contributed by atoms with E-state index >= 15 is 0 Å². The summed E-state index contributed by atoms with van der Waals surface area (Å²) in [7, 11) is 0. The van der Waals surface area contributed by atoms with Crippen LogP contribution in [0.2, 0.25) is 0 Å². The van der Waals surface area contributed by atoms with E-state index in [0.29, 0.717) is 34.3 Å². The third-order valence-electron chi connectivity index (χ3n) is 4.72. The van der Waals surface area contributed by atoms with Crippen molar-refractivity contribution < 1.29 is 18.4 Å². The van der Waals surface area contributed by atoms with Gasteiger partial charge in [-0.3, -0.25) is 4.79 Å². The fourth-order valence-electron chi connectivity index (χ4n) is 3.11. The third-order valence-corrected chi connectivity index (χ3v) is 4.72. The first-order chi connectivity index (χ1) is 16.1. The molecule has 0 saturated heterocycles. The number of nitrogens with zero attached hydrogens (tertiary/aromatic N) is 1. The summed E-state index contributed by atoms with van der Waals surface area (Å²) in [5, 5.41) is 8.24. The topological polar surface area (TPSA) is 96.3 Å². The number of hydrogen-bond acceptors (Lipinski definition) is 4. The van der Waals surface area contributed by atoms with E-state index in [-0.39, 0.29) is 24.8 Å². The molecule has 0 atom stereocenters. The van der Waals surface area contributed by atoms with E-state index in [1.807, 2.05) is 18.2 Å². The number of urea groups is 1. The summed E-state index contributed by atoms with van der Waals surface area (Å²) in [6, 6.07) is 21.8. The van der Waals surface area contributed by atoms with E-state index < -0.39 is 5.82 Å². The minimum Gasteiger partial charge on any atom is -0.441 e. The zero-order valence-electron chi connectivity index (χ0n) is 17.5. The Balaban J connectivity index is 1.25. The maximum atomic E-state index is 13.9. The number of para-hydroxylation sites is 1. The Hall–Kier alpha value is -4.46. The van der Waals surface area contributed by atoms with Crippen molar-refractivity contribution in [1.29, 1.82) is 0 Å². The van der Waals surface area contributed by atoms with Gasteiger partial charge in [-0.25, -0.2) is 14.2 Å². The molecule has 4 aromatic rings. The molecule has 0 aliphatic rings. The molecule has 0 fully saturated rings. The molecule has 3 aromatic carbocycles. The number of rotatable bonds is 7. The number of hydrogen-bond donors (Lipinski definition) is 3. The highest BCUT2D eigenvalue weighted by Gasteiger charge is 2.12. The molecule has 7 nitrogen and oxygen atoms in total. The minimum absolute atomic E-state index is 0.150. The highest BCUT2D eigenvalue weighted by Crippen LogP contribution is 2.23. The third kappa shape index (κ3) is 6.04. The number of benzene rings is 3. The molecule has 1 heterocycles. The Kier molecular flexibility index (Phi) is 6.75. The molecule has 0 aliphatic carbocycles. The van der Waals surface area contributed by atoms with Crippen molar-refractivity contribution in [1.82, 2.24) is 4.98 Å². The first-order valence-corrected chi connectivity index (χ1v) is 10.3. The van der Waals surface area contributed by atoms with Crippen LogP contribution in [0.3, 0.4) is 0 Å². The molecule has 0 bridgehead atoms. The Bertz CT molecular complexity index is 1240. The molecule has 0 unspecified atom stereocenters.